The van der Waals surface area contributed by atoms with Crippen molar-refractivity contribution in [3.05, 3.63) is 0 Å². The third-order valence-corrected chi connectivity index (χ3v) is 5.26. The van der Waals surface area contributed by atoms with Gasteiger partial charge in [-0.25, -0.2) is 0 Å². The number of hydrogen-bond acceptors (Lipinski definition) is 3. The number of hydrogen-bond donors (Lipinski definition) is 1. The van der Waals surface area contributed by atoms with Crippen LogP contribution in [0.1, 0.15) is 25.7 Å². The average Bonchev–Trinajstić information content (AvgIpc) is 2.80. The predicted molar refractivity (Wildman–Crippen MR) is 73.1 cm³/mol. The molecule has 2 aliphatic heterocycles. The van der Waals surface area contributed by atoms with Gasteiger partial charge in [-0.2, -0.15) is 11.8 Å². The van der Waals surface area contributed by atoms with E-state index in [1.54, 1.807) is 0 Å². The summed E-state index contributed by atoms with van der Waals surface area (Å²) in [6, 6.07) is 0. The number of rotatable bonds is 5. The molecular formula is C13H26N2S. The molecule has 2 nitrogen and oxygen atoms in total. The molecule has 0 amide bonds. The lowest BCUT2D eigenvalue weighted by molar-refractivity contribution is 0.211. The van der Waals surface area contributed by atoms with Gasteiger partial charge in [-0.1, -0.05) is 0 Å². The number of likely N-dealkylation sites (tertiary alicyclic amines) is 1. The van der Waals surface area contributed by atoms with Crippen LogP contribution in [0.25, 0.3) is 0 Å². The highest BCUT2D eigenvalue weighted by Gasteiger charge is 2.17. The van der Waals surface area contributed by atoms with Crippen LogP contribution in [0.15, 0.2) is 0 Å². The lowest BCUT2D eigenvalue weighted by atomic mass is 9.94. The minimum Gasteiger partial charge on any atom is -0.316 e. The zero-order chi connectivity index (χ0) is 11.2. The quantitative estimate of drug-likeness (QED) is 0.743. The molecule has 0 aromatic rings. The Bertz CT molecular complexity index is 184. The van der Waals surface area contributed by atoms with Crippen molar-refractivity contribution in [3.8, 4) is 0 Å². The van der Waals surface area contributed by atoms with E-state index in [9.17, 15) is 0 Å². The van der Waals surface area contributed by atoms with E-state index in [0.717, 1.165) is 11.8 Å². The number of nitrogens with one attached hydrogen (secondary N) is 1. The van der Waals surface area contributed by atoms with Crippen LogP contribution in [0, 0.1) is 11.8 Å². The molecular weight excluding hydrogens is 216 g/mol. The van der Waals surface area contributed by atoms with Crippen LogP contribution in [0.5, 0.6) is 0 Å². The predicted octanol–water partition coefficient (Wildman–Crippen LogP) is 2.06. The zero-order valence-corrected chi connectivity index (χ0v) is 11.4. The van der Waals surface area contributed by atoms with Crippen molar-refractivity contribution < 1.29 is 0 Å². The molecule has 2 fully saturated rings. The minimum absolute atomic E-state index is 0.961. The Hall–Kier alpha value is 0.270. The van der Waals surface area contributed by atoms with E-state index in [-0.39, 0.29) is 0 Å². The molecule has 16 heavy (non-hydrogen) atoms. The van der Waals surface area contributed by atoms with Gasteiger partial charge in [0.25, 0.3) is 0 Å². The van der Waals surface area contributed by atoms with Crippen LogP contribution in [0.4, 0.5) is 0 Å². The summed E-state index contributed by atoms with van der Waals surface area (Å²) in [7, 11) is 2.24. The second-order valence-electron chi connectivity index (χ2n) is 5.47. The fourth-order valence-corrected chi connectivity index (χ4v) is 3.99. The molecule has 2 saturated heterocycles. The third kappa shape index (κ3) is 4.27. The van der Waals surface area contributed by atoms with Gasteiger partial charge in [0.1, 0.15) is 0 Å². The van der Waals surface area contributed by atoms with Crippen LogP contribution < -0.4 is 5.32 Å². The summed E-state index contributed by atoms with van der Waals surface area (Å²) >= 11 is 2.12. The van der Waals surface area contributed by atoms with Crippen LogP contribution >= 0.6 is 11.8 Å². The Balaban J connectivity index is 1.48. The largest absolute Gasteiger partial charge is 0.316 e. The van der Waals surface area contributed by atoms with Crippen LogP contribution in [0.2, 0.25) is 0 Å². The van der Waals surface area contributed by atoms with E-state index in [1.807, 2.05) is 0 Å². The molecule has 0 spiro atoms. The van der Waals surface area contributed by atoms with Crippen molar-refractivity contribution in [1.29, 1.82) is 0 Å². The van der Waals surface area contributed by atoms with Gasteiger partial charge >= 0.3 is 0 Å². The number of piperidine rings is 1. The van der Waals surface area contributed by atoms with Crippen molar-refractivity contribution in [3.63, 3.8) is 0 Å². The summed E-state index contributed by atoms with van der Waals surface area (Å²) in [6.45, 7) is 5.13. The molecule has 0 aromatic carbocycles. The summed E-state index contributed by atoms with van der Waals surface area (Å²) in [4.78, 5) is 2.46. The smallest absolute Gasteiger partial charge is 0.00123 e. The fraction of sp³-hybridized carbons (Fsp3) is 1.00. The third-order valence-electron chi connectivity index (χ3n) is 4.02. The normalized spacial score (nSPS) is 28.7. The molecule has 1 unspecified atom stereocenters. The highest BCUT2D eigenvalue weighted by Crippen LogP contribution is 2.23. The zero-order valence-electron chi connectivity index (χ0n) is 10.6. The molecule has 2 rings (SSSR count). The Morgan fingerprint density at radius 3 is 2.69 bits per heavy atom. The maximum Gasteiger partial charge on any atom is -0.00123 e. The second kappa shape index (κ2) is 6.87. The SMILES string of the molecule is CN1CCC(CCNCC2CCSC2)CC1. The molecule has 94 valence electrons. The van der Waals surface area contributed by atoms with Gasteiger partial charge in [-0.3, -0.25) is 0 Å². The molecule has 3 heteroatoms. The molecule has 0 saturated carbocycles. The Kier molecular flexibility index (Phi) is 5.46. The van der Waals surface area contributed by atoms with Crippen LogP contribution in [-0.2, 0) is 0 Å². The number of thioether (sulfide) groups is 1. The summed E-state index contributed by atoms with van der Waals surface area (Å²) in [5.74, 6) is 4.73. The van der Waals surface area contributed by atoms with E-state index in [1.165, 1.54) is 63.4 Å². The molecule has 0 aliphatic carbocycles. The van der Waals surface area contributed by atoms with Crippen molar-refractivity contribution in [1.82, 2.24) is 10.2 Å². The summed E-state index contributed by atoms with van der Waals surface area (Å²) in [5.41, 5.74) is 0. The molecule has 0 bridgehead atoms. The van der Waals surface area contributed by atoms with Crippen molar-refractivity contribution in [2.75, 3.05) is 44.7 Å². The lowest BCUT2D eigenvalue weighted by Gasteiger charge is -2.29. The van der Waals surface area contributed by atoms with Gasteiger partial charge in [0.15, 0.2) is 0 Å². The van der Waals surface area contributed by atoms with Crippen molar-refractivity contribution in [2.24, 2.45) is 11.8 Å². The van der Waals surface area contributed by atoms with E-state index in [0.29, 0.717) is 0 Å². The van der Waals surface area contributed by atoms with Gasteiger partial charge in [0, 0.05) is 0 Å². The first-order chi connectivity index (χ1) is 7.84. The maximum atomic E-state index is 3.66. The summed E-state index contributed by atoms with van der Waals surface area (Å²) in [6.07, 6.45) is 5.66. The standard InChI is InChI=1S/C13H26N2S/c1-15-7-3-12(4-8-15)2-6-14-10-13-5-9-16-11-13/h12-14H,2-11H2,1H3. The first-order valence-electron chi connectivity index (χ1n) is 6.81. The Morgan fingerprint density at radius 2 is 2.00 bits per heavy atom. The van der Waals surface area contributed by atoms with E-state index >= 15 is 0 Å². The molecule has 0 radical (unpaired) electrons. The average molecular weight is 242 g/mol. The summed E-state index contributed by atoms with van der Waals surface area (Å²) < 4.78 is 0. The molecule has 2 aliphatic rings. The van der Waals surface area contributed by atoms with Gasteiger partial charge < -0.3 is 10.2 Å². The lowest BCUT2D eigenvalue weighted by Crippen LogP contribution is -2.32. The van der Waals surface area contributed by atoms with Crippen LogP contribution in [-0.4, -0.2) is 49.6 Å². The molecule has 1 atom stereocenters. The molecule has 2 heterocycles. The molecule has 0 aromatic heterocycles. The van der Waals surface area contributed by atoms with Crippen molar-refractivity contribution >= 4 is 11.8 Å². The monoisotopic (exact) mass is 242 g/mol. The van der Waals surface area contributed by atoms with Gasteiger partial charge in [-0.15, -0.1) is 0 Å². The van der Waals surface area contributed by atoms with Crippen molar-refractivity contribution in [2.45, 2.75) is 25.7 Å². The Labute approximate surface area is 105 Å². The summed E-state index contributed by atoms with van der Waals surface area (Å²) in [5, 5.41) is 3.66. The van der Waals surface area contributed by atoms with E-state index in [4.69, 9.17) is 0 Å². The first kappa shape index (κ1) is 12.7. The highest BCUT2D eigenvalue weighted by atomic mass is 32.2. The minimum atomic E-state index is 0.961. The number of nitrogens with zero attached hydrogens (tertiary/aromatic N) is 1. The fourth-order valence-electron chi connectivity index (χ4n) is 2.71. The van der Waals surface area contributed by atoms with Gasteiger partial charge in [0.05, 0.1) is 0 Å². The second-order valence-corrected chi connectivity index (χ2v) is 6.62. The molecule has 1 N–H and O–H groups in total. The first-order valence-corrected chi connectivity index (χ1v) is 7.97. The Morgan fingerprint density at radius 1 is 1.19 bits per heavy atom. The van der Waals surface area contributed by atoms with Crippen LogP contribution in [0.3, 0.4) is 0 Å². The topological polar surface area (TPSA) is 15.3 Å². The van der Waals surface area contributed by atoms with E-state index in [2.05, 4.69) is 29.0 Å². The maximum absolute atomic E-state index is 3.66. The van der Waals surface area contributed by atoms with Gasteiger partial charge in [0.2, 0.25) is 0 Å². The highest BCUT2D eigenvalue weighted by molar-refractivity contribution is 7.99. The van der Waals surface area contributed by atoms with Gasteiger partial charge in [-0.05, 0) is 82.3 Å². The van der Waals surface area contributed by atoms with E-state index < -0.39 is 0 Å².